The zero-order valence-corrected chi connectivity index (χ0v) is 13.6. The van der Waals surface area contributed by atoms with Crippen molar-refractivity contribution in [3.8, 4) is 0 Å². The first-order valence-corrected chi connectivity index (χ1v) is 8.46. The van der Waals surface area contributed by atoms with E-state index in [-0.39, 0.29) is 15.7 Å². The third-order valence-electron chi connectivity index (χ3n) is 2.28. The van der Waals surface area contributed by atoms with Crippen LogP contribution in [0.5, 0.6) is 0 Å². The van der Waals surface area contributed by atoms with Crippen molar-refractivity contribution in [1.29, 1.82) is 0 Å². The number of hydrogen-bond acceptors (Lipinski definition) is 5. The average molecular weight is 383 g/mol. The van der Waals surface area contributed by atoms with E-state index in [2.05, 4.69) is 25.6 Å². The standard InChI is InChI=1S/C10H9BrClN3O2S2/c1-5-2-6(12)7(13)3-8(5)19(16,17)15-10-14-4-9(11)18-10/h2-4H,13H2,1H3,(H,14,15). The van der Waals surface area contributed by atoms with Crippen molar-refractivity contribution in [2.24, 2.45) is 0 Å². The van der Waals surface area contributed by atoms with Crippen LogP contribution in [-0.2, 0) is 10.0 Å². The lowest BCUT2D eigenvalue weighted by molar-refractivity contribution is 0.600. The number of thiazole rings is 1. The summed E-state index contributed by atoms with van der Waals surface area (Å²) >= 11 is 10.2. The molecule has 0 radical (unpaired) electrons. The summed E-state index contributed by atoms with van der Waals surface area (Å²) in [5.41, 5.74) is 6.37. The van der Waals surface area contributed by atoms with Gasteiger partial charge in [-0.25, -0.2) is 13.4 Å². The molecule has 1 aromatic carbocycles. The van der Waals surface area contributed by atoms with E-state index < -0.39 is 10.0 Å². The monoisotopic (exact) mass is 381 g/mol. The molecule has 0 unspecified atom stereocenters. The van der Waals surface area contributed by atoms with E-state index in [9.17, 15) is 8.42 Å². The number of aryl methyl sites for hydroxylation is 1. The van der Waals surface area contributed by atoms with Gasteiger partial charge < -0.3 is 5.73 Å². The lowest BCUT2D eigenvalue weighted by Gasteiger charge is -2.10. The molecular formula is C10H9BrClN3O2S2. The number of sulfonamides is 1. The summed E-state index contributed by atoms with van der Waals surface area (Å²) < 4.78 is 27.6. The van der Waals surface area contributed by atoms with E-state index in [0.29, 0.717) is 10.6 Å². The molecule has 19 heavy (non-hydrogen) atoms. The molecule has 3 N–H and O–H groups in total. The molecule has 5 nitrogen and oxygen atoms in total. The topological polar surface area (TPSA) is 85.1 Å². The van der Waals surface area contributed by atoms with Gasteiger partial charge in [0.15, 0.2) is 5.13 Å². The van der Waals surface area contributed by atoms with Crippen LogP contribution in [0.15, 0.2) is 27.0 Å². The van der Waals surface area contributed by atoms with Crippen molar-refractivity contribution < 1.29 is 8.42 Å². The first kappa shape index (κ1) is 14.6. The molecule has 0 saturated carbocycles. The number of nitrogens with one attached hydrogen (secondary N) is 1. The predicted octanol–water partition coefficient (Wildman–Crippen LogP) is 3.25. The van der Waals surface area contributed by atoms with E-state index in [1.165, 1.54) is 29.7 Å². The Kier molecular flexibility index (Phi) is 4.05. The Labute approximate surface area is 128 Å². The number of nitrogens with two attached hydrogens (primary N) is 1. The zero-order valence-electron chi connectivity index (χ0n) is 9.65. The van der Waals surface area contributed by atoms with Crippen LogP contribution >= 0.6 is 38.9 Å². The van der Waals surface area contributed by atoms with Crippen molar-refractivity contribution in [2.75, 3.05) is 10.5 Å². The van der Waals surface area contributed by atoms with Gasteiger partial charge in [0, 0.05) is 0 Å². The molecule has 9 heteroatoms. The van der Waals surface area contributed by atoms with Crippen molar-refractivity contribution in [3.63, 3.8) is 0 Å². The van der Waals surface area contributed by atoms with Crippen LogP contribution in [0.4, 0.5) is 10.8 Å². The summed E-state index contributed by atoms with van der Waals surface area (Å²) in [6.45, 7) is 1.65. The highest BCUT2D eigenvalue weighted by Crippen LogP contribution is 2.29. The summed E-state index contributed by atoms with van der Waals surface area (Å²) in [7, 11) is -3.73. The quantitative estimate of drug-likeness (QED) is 0.798. The number of anilines is 2. The van der Waals surface area contributed by atoms with Gasteiger partial charge in [-0.15, -0.1) is 0 Å². The molecule has 102 valence electrons. The summed E-state index contributed by atoms with van der Waals surface area (Å²) in [4.78, 5) is 4.00. The van der Waals surface area contributed by atoms with Gasteiger partial charge in [0.2, 0.25) is 0 Å². The van der Waals surface area contributed by atoms with E-state index in [0.717, 1.165) is 3.79 Å². The number of nitrogens with zero attached hydrogens (tertiary/aromatic N) is 1. The summed E-state index contributed by atoms with van der Waals surface area (Å²) in [6.07, 6.45) is 1.52. The maximum atomic E-state index is 12.2. The smallest absolute Gasteiger partial charge is 0.264 e. The maximum Gasteiger partial charge on any atom is 0.264 e. The van der Waals surface area contributed by atoms with Gasteiger partial charge in [0.1, 0.15) is 0 Å². The molecule has 0 amide bonds. The number of hydrogen-bond donors (Lipinski definition) is 2. The van der Waals surface area contributed by atoms with E-state index in [1.807, 2.05) is 0 Å². The van der Waals surface area contributed by atoms with Crippen molar-refractivity contribution >= 4 is 59.7 Å². The van der Waals surface area contributed by atoms with Gasteiger partial charge in [-0.05, 0) is 40.5 Å². The Morgan fingerprint density at radius 2 is 2.16 bits per heavy atom. The van der Waals surface area contributed by atoms with Gasteiger partial charge in [-0.1, -0.05) is 22.9 Å². The minimum absolute atomic E-state index is 0.0840. The molecule has 0 fully saturated rings. The second-order valence-corrected chi connectivity index (χ2v) is 8.18. The van der Waals surface area contributed by atoms with E-state index >= 15 is 0 Å². The first-order valence-electron chi connectivity index (χ1n) is 4.99. The Hall–Kier alpha value is -0.830. The number of halogens is 2. The number of nitrogen functional groups attached to an aromatic ring is 1. The van der Waals surface area contributed by atoms with Gasteiger partial charge in [-0.2, -0.15) is 0 Å². The zero-order chi connectivity index (χ0) is 14.2. The van der Waals surface area contributed by atoms with Gasteiger partial charge in [0.25, 0.3) is 10.0 Å². The minimum Gasteiger partial charge on any atom is -0.397 e. The van der Waals surface area contributed by atoms with Crippen LogP contribution in [0.1, 0.15) is 5.56 Å². The molecule has 2 aromatic rings. The third-order valence-corrected chi connectivity index (χ3v) is 5.61. The second-order valence-electron chi connectivity index (χ2n) is 3.71. The SMILES string of the molecule is Cc1cc(Cl)c(N)cc1S(=O)(=O)Nc1ncc(Br)s1. The molecule has 0 spiro atoms. The highest BCUT2D eigenvalue weighted by atomic mass is 79.9. The molecule has 0 bridgehead atoms. The first-order chi connectivity index (χ1) is 8.79. The maximum absolute atomic E-state index is 12.2. The fourth-order valence-electron chi connectivity index (χ4n) is 1.43. The third kappa shape index (κ3) is 3.19. The van der Waals surface area contributed by atoms with Crippen molar-refractivity contribution in [2.45, 2.75) is 11.8 Å². The molecule has 2 rings (SSSR count). The van der Waals surface area contributed by atoms with E-state index in [1.54, 1.807) is 6.92 Å². The summed E-state index contributed by atoms with van der Waals surface area (Å²) in [5.74, 6) is 0. The lowest BCUT2D eigenvalue weighted by Crippen LogP contribution is -2.14. The Balaban J connectivity index is 2.42. The van der Waals surface area contributed by atoms with Crippen LogP contribution in [-0.4, -0.2) is 13.4 Å². The molecular weight excluding hydrogens is 374 g/mol. The predicted molar refractivity (Wildman–Crippen MR) is 81.2 cm³/mol. The average Bonchev–Trinajstić information content (AvgIpc) is 2.68. The molecule has 0 aliphatic rings. The van der Waals surface area contributed by atoms with Crippen LogP contribution in [0, 0.1) is 6.92 Å². The van der Waals surface area contributed by atoms with Crippen LogP contribution in [0.2, 0.25) is 5.02 Å². The van der Waals surface area contributed by atoms with Gasteiger partial charge >= 0.3 is 0 Å². The van der Waals surface area contributed by atoms with Crippen LogP contribution < -0.4 is 10.5 Å². The molecule has 0 aliphatic heterocycles. The van der Waals surface area contributed by atoms with Crippen molar-refractivity contribution in [1.82, 2.24) is 4.98 Å². The Morgan fingerprint density at radius 1 is 1.47 bits per heavy atom. The fourth-order valence-corrected chi connectivity index (χ4v) is 4.26. The highest BCUT2D eigenvalue weighted by Gasteiger charge is 2.20. The highest BCUT2D eigenvalue weighted by molar-refractivity contribution is 9.11. The molecule has 0 atom stereocenters. The van der Waals surface area contributed by atoms with Gasteiger partial charge in [-0.3, -0.25) is 4.72 Å². The van der Waals surface area contributed by atoms with Crippen LogP contribution in [0.3, 0.4) is 0 Å². The molecule has 1 heterocycles. The lowest BCUT2D eigenvalue weighted by atomic mass is 10.2. The van der Waals surface area contributed by atoms with Crippen molar-refractivity contribution in [3.05, 3.63) is 32.7 Å². The normalized spacial score (nSPS) is 11.5. The second kappa shape index (κ2) is 5.28. The largest absolute Gasteiger partial charge is 0.397 e. The number of aromatic nitrogens is 1. The fraction of sp³-hybridized carbons (Fsp3) is 0.100. The van der Waals surface area contributed by atoms with Crippen LogP contribution in [0.25, 0.3) is 0 Å². The number of benzene rings is 1. The molecule has 0 saturated heterocycles. The Bertz CT molecular complexity index is 730. The van der Waals surface area contributed by atoms with E-state index in [4.69, 9.17) is 17.3 Å². The van der Waals surface area contributed by atoms with Gasteiger partial charge in [0.05, 0.1) is 25.6 Å². The molecule has 0 aliphatic carbocycles. The Morgan fingerprint density at radius 3 is 2.74 bits per heavy atom. The summed E-state index contributed by atoms with van der Waals surface area (Å²) in [6, 6.07) is 2.85. The molecule has 1 aromatic heterocycles. The number of rotatable bonds is 3. The summed E-state index contributed by atoms with van der Waals surface area (Å²) in [5, 5.41) is 0.605. The minimum atomic E-state index is -3.73.